The molecule has 0 atom stereocenters. The molecular weight excluding hydrogens is 278 g/mol. The average Bonchev–Trinajstić information content (AvgIpc) is 2.18. The second kappa shape index (κ2) is 5.88. The van der Waals surface area contributed by atoms with Gasteiger partial charge < -0.3 is 20.5 Å². The summed E-state index contributed by atoms with van der Waals surface area (Å²) in [6, 6.07) is 0. The number of nitrogens with zero attached hydrogens (tertiary/aromatic N) is 2. The number of likely N-dealkylation sites (tertiary alicyclic amines) is 1. The largest absolute Gasteiger partial charge is 0.481 e. The van der Waals surface area contributed by atoms with Crippen molar-refractivity contribution in [2.75, 3.05) is 26.7 Å². The van der Waals surface area contributed by atoms with Crippen LogP contribution in [-0.4, -0.2) is 70.7 Å². The van der Waals surface area contributed by atoms with E-state index in [-0.39, 0.29) is 26.1 Å². The maximum absolute atomic E-state index is 11.9. The van der Waals surface area contributed by atoms with Crippen LogP contribution in [0, 0.1) is 0 Å². The zero-order valence-corrected chi connectivity index (χ0v) is 12.9. The van der Waals surface area contributed by atoms with Gasteiger partial charge >= 0.3 is 12.1 Å². The second-order valence-electron chi connectivity index (χ2n) is 6.45. The Balaban J connectivity index is 2.72. The summed E-state index contributed by atoms with van der Waals surface area (Å²) >= 11 is 0. The quantitative estimate of drug-likeness (QED) is 0.731. The lowest BCUT2D eigenvalue weighted by Gasteiger charge is -2.53. The molecule has 3 N–H and O–H groups in total. The van der Waals surface area contributed by atoms with Crippen molar-refractivity contribution in [1.82, 2.24) is 9.80 Å². The lowest BCUT2D eigenvalue weighted by Crippen LogP contribution is -2.72. The van der Waals surface area contributed by atoms with Crippen molar-refractivity contribution in [1.29, 1.82) is 0 Å². The van der Waals surface area contributed by atoms with Gasteiger partial charge in [0.2, 0.25) is 5.91 Å². The Hall–Kier alpha value is -1.83. The van der Waals surface area contributed by atoms with Crippen LogP contribution < -0.4 is 5.73 Å². The maximum Gasteiger partial charge on any atom is 0.410 e. The Morgan fingerprint density at radius 1 is 1.33 bits per heavy atom. The summed E-state index contributed by atoms with van der Waals surface area (Å²) < 4.78 is 5.23. The van der Waals surface area contributed by atoms with Crippen molar-refractivity contribution >= 4 is 18.0 Å². The number of hydrogen-bond donors (Lipinski definition) is 2. The van der Waals surface area contributed by atoms with Gasteiger partial charge in [-0.2, -0.15) is 0 Å². The summed E-state index contributed by atoms with van der Waals surface area (Å²) in [4.78, 5) is 37.0. The molecule has 120 valence electrons. The van der Waals surface area contributed by atoms with Crippen molar-refractivity contribution in [3.05, 3.63) is 0 Å². The molecule has 0 aliphatic carbocycles. The van der Waals surface area contributed by atoms with Gasteiger partial charge in [-0.3, -0.25) is 14.5 Å². The summed E-state index contributed by atoms with van der Waals surface area (Å²) in [6.07, 6.45) is -0.660. The predicted octanol–water partition coefficient (Wildman–Crippen LogP) is -0.132. The minimum Gasteiger partial charge on any atom is -0.481 e. The van der Waals surface area contributed by atoms with Gasteiger partial charge in [-0.05, 0) is 27.8 Å². The molecule has 0 spiro atoms. The fourth-order valence-corrected chi connectivity index (χ4v) is 2.29. The summed E-state index contributed by atoms with van der Waals surface area (Å²) in [5.41, 5.74) is 3.75. The van der Waals surface area contributed by atoms with Gasteiger partial charge in [-0.25, -0.2) is 4.79 Å². The Bertz CT molecular complexity index is 438. The number of carboxylic acids is 1. The van der Waals surface area contributed by atoms with Crippen molar-refractivity contribution in [2.24, 2.45) is 5.73 Å². The van der Waals surface area contributed by atoms with Gasteiger partial charge in [0.15, 0.2) is 0 Å². The van der Waals surface area contributed by atoms with Crippen molar-refractivity contribution in [3.8, 4) is 0 Å². The van der Waals surface area contributed by atoms with Gasteiger partial charge in [-0.15, -0.1) is 0 Å². The van der Waals surface area contributed by atoms with Crippen LogP contribution >= 0.6 is 0 Å². The van der Waals surface area contributed by atoms with Crippen LogP contribution in [0.4, 0.5) is 4.79 Å². The third-order valence-corrected chi connectivity index (χ3v) is 3.31. The minimum atomic E-state index is -0.991. The molecule has 0 unspecified atom stereocenters. The first-order valence-corrected chi connectivity index (χ1v) is 6.64. The van der Waals surface area contributed by atoms with Gasteiger partial charge in [0.05, 0.1) is 18.5 Å². The second-order valence-corrected chi connectivity index (χ2v) is 6.45. The van der Waals surface area contributed by atoms with Crippen LogP contribution in [0.15, 0.2) is 0 Å². The van der Waals surface area contributed by atoms with Crippen LogP contribution in [0.2, 0.25) is 0 Å². The van der Waals surface area contributed by atoms with E-state index < -0.39 is 29.1 Å². The molecule has 1 aliphatic heterocycles. The smallest absolute Gasteiger partial charge is 0.410 e. The fraction of sp³-hybridized carbons (Fsp3) is 0.769. The number of carbonyl (C=O) groups excluding carboxylic acids is 2. The van der Waals surface area contributed by atoms with Gasteiger partial charge in [0, 0.05) is 13.1 Å². The summed E-state index contributed by atoms with van der Waals surface area (Å²) in [6.45, 7) is 5.60. The molecule has 1 rings (SSSR count). The molecule has 0 bridgehead atoms. The number of carboxylic acid groups (broad SMARTS) is 1. The lowest BCUT2D eigenvalue weighted by molar-refractivity contribution is -0.146. The monoisotopic (exact) mass is 301 g/mol. The van der Waals surface area contributed by atoms with Crippen LogP contribution in [0.3, 0.4) is 0 Å². The Morgan fingerprint density at radius 3 is 2.24 bits per heavy atom. The highest BCUT2D eigenvalue weighted by Crippen LogP contribution is 2.31. The number of amides is 2. The molecule has 8 nitrogen and oxygen atoms in total. The summed E-state index contributed by atoms with van der Waals surface area (Å²) in [7, 11) is 1.63. The van der Waals surface area contributed by atoms with Gasteiger partial charge in [-0.1, -0.05) is 0 Å². The molecule has 2 amide bonds. The SMILES string of the molecule is CN(CC(N)=O)C1(CC(=O)O)CN(C(=O)OC(C)(C)C)C1. The van der Waals surface area contributed by atoms with Gasteiger partial charge in [0.25, 0.3) is 0 Å². The minimum absolute atomic E-state index is 0.0601. The number of rotatable bonds is 5. The number of aliphatic carboxylic acids is 1. The van der Waals surface area contributed by atoms with E-state index in [0.29, 0.717) is 0 Å². The van der Waals surface area contributed by atoms with Crippen LogP contribution in [0.25, 0.3) is 0 Å². The molecular formula is C13H23N3O5. The fourth-order valence-electron chi connectivity index (χ4n) is 2.29. The van der Waals surface area contributed by atoms with E-state index in [4.69, 9.17) is 15.6 Å². The lowest BCUT2D eigenvalue weighted by atomic mass is 9.84. The third kappa shape index (κ3) is 4.59. The summed E-state index contributed by atoms with van der Waals surface area (Å²) in [5.74, 6) is -1.53. The highest BCUT2D eigenvalue weighted by Gasteiger charge is 2.50. The molecule has 21 heavy (non-hydrogen) atoms. The van der Waals surface area contributed by atoms with Crippen LogP contribution in [-0.2, 0) is 14.3 Å². The third-order valence-electron chi connectivity index (χ3n) is 3.31. The molecule has 1 saturated heterocycles. The topological polar surface area (TPSA) is 113 Å². The molecule has 0 aromatic rings. The number of carbonyl (C=O) groups is 3. The van der Waals surface area contributed by atoms with Crippen molar-refractivity contribution < 1.29 is 24.2 Å². The molecule has 1 heterocycles. The van der Waals surface area contributed by atoms with E-state index in [2.05, 4.69) is 0 Å². The highest BCUT2D eigenvalue weighted by molar-refractivity contribution is 5.77. The molecule has 0 radical (unpaired) electrons. The van der Waals surface area contributed by atoms with Crippen LogP contribution in [0.5, 0.6) is 0 Å². The zero-order chi connectivity index (χ0) is 16.4. The molecule has 0 aromatic carbocycles. The predicted molar refractivity (Wildman–Crippen MR) is 74.6 cm³/mol. The van der Waals surface area contributed by atoms with E-state index in [1.54, 1.807) is 32.7 Å². The molecule has 8 heteroatoms. The van der Waals surface area contributed by atoms with E-state index in [9.17, 15) is 14.4 Å². The zero-order valence-electron chi connectivity index (χ0n) is 12.9. The van der Waals surface area contributed by atoms with E-state index in [1.165, 1.54) is 4.90 Å². The number of ether oxygens (including phenoxy) is 1. The number of hydrogen-bond acceptors (Lipinski definition) is 5. The van der Waals surface area contributed by atoms with E-state index in [1.807, 2.05) is 0 Å². The Morgan fingerprint density at radius 2 is 1.86 bits per heavy atom. The first-order valence-electron chi connectivity index (χ1n) is 6.64. The number of nitrogens with two attached hydrogens (primary N) is 1. The van der Waals surface area contributed by atoms with Crippen molar-refractivity contribution in [2.45, 2.75) is 38.3 Å². The van der Waals surface area contributed by atoms with E-state index >= 15 is 0 Å². The maximum atomic E-state index is 11.9. The van der Waals surface area contributed by atoms with Crippen molar-refractivity contribution in [3.63, 3.8) is 0 Å². The first kappa shape index (κ1) is 17.2. The summed E-state index contributed by atoms with van der Waals surface area (Å²) in [5, 5.41) is 9.03. The highest BCUT2D eigenvalue weighted by atomic mass is 16.6. The van der Waals surface area contributed by atoms with Gasteiger partial charge in [0.1, 0.15) is 5.60 Å². The van der Waals surface area contributed by atoms with Crippen LogP contribution in [0.1, 0.15) is 27.2 Å². The molecule has 1 fully saturated rings. The molecule has 1 aliphatic rings. The van der Waals surface area contributed by atoms with E-state index in [0.717, 1.165) is 0 Å². The Labute approximate surface area is 123 Å². The first-order chi connectivity index (χ1) is 9.45. The molecule has 0 aromatic heterocycles. The number of primary amides is 1. The standard InChI is InChI=1S/C13H23N3O5/c1-12(2,3)21-11(20)16-7-13(8-16,5-10(18)19)15(4)6-9(14)17/h5-8H2,1-4H3,(H2,14,17)(H,18,19). The average molecular weight is 301 g/mol. The normalized spacial score (nSPS) is 17.3. The molecule has 0 saturated carbocycles. The Kier molecular flexibility index (Phi) is 4.83. The number of likely N-dealkylation sites (N-methyl/N-ethyl adjacent to an activating group) is 1.